The average Bonchev–Trinajstić information content (AvgIpc) is 3.20. The fourth-order valence-electron chi connectivity index (χ4n) is 3.62. The average molecular weight is 411 g/mol. The highest BCUT2D eigenvalue weighted by Crippen LogP contribution is 2.13. The van der Waals surface area contributed by atoms with Crippen molar-refractivity contribution in [3.05, 3.63) is 11.9 Å². The van der Waals surface area contributed by atoms with E-state index in [0.717, 1.165) is 18.7 Å². The molecule has 0 aliphatic heterocycles. The van der Waals surface area contributed by atoms with Gasteiger partial charge in [-0.25, -0.2) is 0 Å². The number of nitrogens with two attached hydrogens (primary N) is 1. The first kappa shape index (κ1) is 26.1. The van der Waals surface area contributed by atoms with Crippen LogP contribution in [0.5, 0.6) is 0 Å². The molecule has 0 atom stereocenters. The predicted octanol–water partition coefficient (Wildman–Crippen LogP) is 4.37. The Morgan fingerprint density at radius 1 is 0.828 bits per heavy atom. The van der Waals surface area contributed by atoms with Gasteiger partial charge in [0.15, 0.2) is 0 Å². The Labute approximate surface area is 178 Å². The maximum absolute atomic E-state index is 9.24. The molecule has 1 aromatic heterocycles. The van der Waals surface area contributed by atoms with Crippen LogP contribution in [0.2, 0.25) is 0 Å². The molecular weight excluding hydrogens is 364 g/mol. The lowest BCUT2D eigenvalue weighted by molar-refractivity contribution is 0.114. The number of rotatable bonds is 20. The van der Waals surface area contributed by atoms with Crippen molar-refractivity contribution in [3.63, 3.8) is 0 Å². The molecule has 0 amide bonds. The number of unbranched alkanes of at least 4 members (excludes halogenated alkanes) is 13. The van der Waals surface area contributed by atoms with Gasteiger partial charge in [0.2, 0.25) is 0 Å². The van der Waals surface area contributed by atoms with E-state index in [2.05, 4.69) is 17.2 Å². The largest absolute Gasteiger partial charge is 0.394 e. The van der Waals surface area contributed by atoms with Crippen LogP contribution in [0.3, 0.4) is 0 Å². The number of aliphatic hydroxyl groups excluding tert-OH is 2. The summed E-state index contributed by atoms with van der Waals surface area (Å²) in [4.78, 5) is 0. The molecule has 29 heavy (non-hydrogen) atoms. The van der Waals surface area contributed by atoms with Gasteiger partial charge in [-0.05, 0) is 19.3 Å². The lowest BCUT2D eigenvalue weighted by atomic mass is 9.96. The summed E-state index contributed by atoms with van der Waals surface area (Å²) in [6.45, 7) is 2.73. The molecule has 6 nitrogen and oxygen atoms in total. The first-order chi connectivity index (χ1) is 14.1. The number of nitrogens with zero attached hydrogens (tertiary/aromatic N) is 3. The lowest BCUT2D eigenvalue weighted by Gasteiger charge is -2.23. The number of hydrogen-bond donors (Lipinski definition) is 3. The van der Waals surface area contributed by atoms with E-state index >= 15 is 0 Å². The Bertz CT molecular complexity index is 489. The highest BCUT2D eigenvalue weighted by atomic mass is 16.3. The van der Waals surface area contributed by atoms with Crippen molar-refractivity contribution < 1.29 is 10.2 Å². The van der Waals surface area contributed by atoms with Gasteiger partial charge in [-0.3, -0.25) is 4.68 Å². The van der Waals surface area contributed by atoms with E-state index < -0.39 is 5.54 Å². The highest BCUT2D eigenvalue weighted by molar-refractivity contribution is 4.96. The molecule has 4 N–H and O–H groups in total. The van der Waals surface area contributed by atoms with Crippen LogP contribution in [-0.4, -0.2) is 44.0 Å². The number of aryl methyl sites for hydroxylation is 2. The van der Waals surface area contributed by atoms with Gasteiger partial charge in [-0.2, -0.15) is 0 Å². The molecule has 0 aliphatic rings. The fourth-order valence-corrected chi connectivity index (χ4v) is 3.62. The smallest absolute Gasteiger partial charge is 0.0827 e. The second kappa shape index (κ2) is 16.8. The van der Waals surface area contributed by atoms with E-state index in [9.17, 15) is 10.2 Å². The zero-order valence-electron chi connectivity index (χ0n) is 18.8. The maximum Gasteiger partial charge on any atom is 0.0827 e. The van der Waals surface area contributed by atoms with Crippen LogP contribution < -0.4 is 5.73 Å². The van der Waals surface area contributed by atoms with Crippen molar-refractivity contribution >= 4 is 0 Å². The van der Waals surface area contributed by atoms with Crippen molar-refractivity contribution in [3.8, 4) is 0 Å². The molecular formula is C23H46N4O2. The van der Waals surface area contributed by atoms with E-state index in [0.29, 0.717) is 12.8 Å². The molecule has 0 saturated heterocycles. The third-order valence-electron chi connectivity index (χ3n) is 5.84. The highest BCUT2D eigenvalue weighted by Gasteiger charge is 2.23. The number of aliphatic hydroxyl groups is 2. The van der Waals surface area contributed by atoms with Crippen molar-refractivity contribution in [1.82, 2.24) is 15.0 Å². The molecule has 0 aromatic carbocycles. The lowest BCUT2D eigenvalue weighted by Crippen LogP contribution is -2.47. The van der Waals surface area contributed by atoms with Gasteiger partial charge in [0.05, 0.1) is 24.4 Å². The minimum absolute atomic E-state index is 0.226. The first-order valence-corrected chi connectivity index (χ1v) is 12.0. The van der Waals surface area contributed by atoms with E-state index in [4.69, 9.17) is 5.73 Å². The normalized spacial score (nSPS) is 12.0. The summed E-state index contributed by atoms with van der Waals surface area (Å²) in [6, 6.07) is 0. The SMILES string of the molecule is CCCCCCCCCCCCCCCCn1cc(CCC(N)(CO)CO)nn1. The molecule has 0 unspecified atom stereocenters. The van der Waals surface area contributed by atoms with Crippen LogP contribution in [-0.2, 0) is 13.0 Å². The second-order valence-electron chi connectivity index (χ2n) is 8.75. The quantitative estimate of drug-likeness (QED) is 0.277. The Balaban J connectivity index is 1.94. The molecule has 6 heteroatoms. The standard InChI is InChI=1S/C23H46N4O2/c1-2-3-4-5-6-7-8-9-10-11-12-13-14-15-18-27-19-22(25-26-27)16-17-23(24,20-28)21-29/h19,28-29H,2-18,20-21,24H2,1H3. The zero-order valence-corrected chi connectivity index (χ0v) is 18.8. The molecule has 1 aromatic rings. The van der Waals surface area contributed by atoms with Gasteiger partial charge in [0.25, 0.3) is 0 Å². The minimum Gasteiger partial charge on any atom is -0.394 e. The fraction of sp³-hybridized carbons (Fsp3) is 0.913. The molecule has 0 aliphatic carbocycles. The van der Waals surface area contributed by atoms with Crippen molar-refractivity contribution in [2.75, 3.05) is 13.2 Å². The molecule has 1 rings (SSSR count). The number of aromatic nitrogens is 3. The van der Waals surface area contributed by atoms with E-state index in [1.54, 1.807) is 0 Å². The van der Waals surface area contributed by atoms with Gasteiger partial charge in [-0.1, -0.05) is 95.6 Å². The molecule has 0 fully saturated rings. The van der Waals surface area contributed by atoms with Crippen LogP contribution in [0.4, 0.5) is 0 Å². The van der Waals surface area contributed by atoms with Crippen molar-refractivity contribution in [2.24, 2.45) is 5.73 Å². The molecule has 1 heterocycles. The van der Waals surface area contributed by atoms with E-state index in [1.165, 1.54) is 83.5 Å². The van der Waals surface area contributed by atoms with Crippen molar-refractivity contribution in [1.29, 1.82) is 0 Å². The topological polar surface area (TPSA) is 97.2 Å². The van der Waals surface area contributed by atoms with E-state index in [1.807, 2.05) is 10.9 Å². The molecule has 0 saturated carbocycles. The van der Waals surface area contributed by atoms with E-state index in [-0.39, 0.29) is 13.2 Å². The Morgan fingerprint density at radius 2 is 1.31 bits per heavy atom. The summed E-state index contributed by atoms with van der Waals surface area (Å²) < 4.78 is 1.89. The van der Waals surface area contributed by atoms with Crippen LogP contribution in [0.15, 0.2) is 6.20 Å². The van der Waals surface area contributed by atoms with Crippen LogP contribution in [0.25, 0.3) is 0 Å². The zero-order chi connectivity index (χ0) is 21.2. The summed E-state index contributed by atoms with van der Waals surface area (Å²) in [5.74, 6) is 0. The second-order valence-corrected chi connectivity index (χ2v) is 8.75. The summed E-state index contributed by atoms with van der Waals surface area (Å²) in [5, 5.41) is 26.8. The summed E-state index contributed by atoms with van der Waals surface area (Å²) in [7, 11) is 0. The maximum atomic E-state index is 9.24. The molecule has 0 bridgehead atoms. The van der Waals surface area contributed by atoms with Crippen LogP contribution in [0.1, 0.15) is 109 Å². The Hall–Kier alpha value is -0.980. The third kappa shape index (κ3) is 13.0. The minimum atomic E-state index is -0.932. The summed E-state index contributed by atoms with van der Waals surface area (Å²) >= 11 is 0. The van der Waals surface area contributed by atoms with Gasteiger partial charge in [0, 0.05) is 12.7 Å². The molecule has 170 valence electrons. The third-order valence-corrected chi connectivity index (χ3v) is 5.84. The van der Waals surface area contributed by atoms with Crippen molar-refractivity contribution in [2.45, 2.75) is 122 Å². The molecule has 0 spiro atoms. The summed E-state index contributed by atoms with van der Waals surface area (Å²) in [6.07, 6.45) is 22.2. The van der Waals surface area contributed by atoms with Gasteiger partial charge in [0.1, 0.15) is 0 Å². The van der Waals surface area contributed by atoms with Gasteiger partial charge >= 0.3 is 0 Å². The van der Waals surface area contributed by atoms with Gasteiger partial charge < -0.3 is 15.9 Å². The summed E-state index contributed by atoms with van der Waals surface area (Å²) in [5.41, 5.74) is 5.83. The van der Waals surface area contributed by atoms with Crippen LogP contribution in [0, 0.1) is 0 Å². The van der Waals surface area contributed by atoms with Crippen LogP contribution >= 0.6 is 0 Å². The first-order valence-electron chi connectivity index (χ1n) is 12.0. The van der Waals surface area contributed by atoms with Gasteiger partial charge in [-0.15, -0.1) is 5.10 Å². The predicted molar refractivity (Wildman–Crippen MR) is 120 cm³/mol. The monoisotopic (exact) mass is 410 g/mol. The Morgan fingerprint density at radius 3 is 1.79 bits per heavy atom. The Kier molecular flexibility index (Phi) is 15.1. The molecule has 0 radical (unpaired) electrons. The number of hydrogen-bond acceptors (Lipinski definition) is 5.